The number of ether oxygens (including phenoxy) is 2. The summed E-state index contributed by atoms with van der Waals surface area (Å²) in [6, 6.07) is 9.37. The first-order valence-corrected chi connectivity index (χ1v) is 9.65. The van der Waals surface area contributed by atoms with Crippen LogP contribution in [0.2, 0.25) is 0 Å². The molecule has 1 N–H and O–H groups in total. The molecule has 1 atom stereocenters. The van der Waals surface area contributed by atoms with Crippen molar-refractivity contribution in [3.63, 3.8) is 0 Å². The van der Waals surface area contributed by atoms with Crippen molar-refractivity contribution in [2.45, 2.75) is 40.4 Å². The van der Waals surface area contributed by atoms with Crippen molar-refractivity contribution in [3.05, 3.63) is 62.8 Å². The van der Waals surface area contributed by atoms with Gasteiger partial charge in [-0.05, 0) is 63.6 Å². The molecule has 1 aromatic heterocycles. The SMILES string of the molecule is CCOC(C)c1cc(C)cc2c(=O)c(C)c(-c3ccc4c(c3)COC(=O)N4)oc12. The van der Waals surface area contributed by atoms with E-state index >= 15 is 0 Å². The van der Waals surface area contributed by atoms with Crippen molar-refractivity contribution in [1.82, 2.24) is 0 Å². The molecule has 0 radical (unpaired) electrons. The fourth-order valence-corrected chi connectivity index (χ4v) is 3.75. The molecule has 0 aliphatic carbocycles. The van der Waals surface area contributed by atoms with Gasteiger partial charge in [-0.25, -0.2) is 4.79 Å². The molecule has 4 rings (SSSR count). The van der Waals surface area contributed by atoms with Gasteiger partial charge in [-0.15, -0.1) is 0 Å². The molecule has 150 valence electrons. The molecule has 0 saturated carbocycles. The number of fused-ring (bicyclic) bond motifs is 2. The fraction of sp³-hybridized carbons (Fsp3) is 0.304. The van der Waals surface area contributed by atoms with Crippen LogP contribution >= 0.6 is 0 Å². The Morgan fingerprint density at radius 1 is 1.17 bits per heavy atom. The minimum atomic E-state index is -0.469. The van der Waals surface area contributed by atoms with E-state index < -0.39 is 6.09 Å². The molecule has 0 saturated heterocycles. The van der Waals surface area contributed by atoms with E-state index in [0.29, 0.717) is 34.6 Å². The lowest BCUT2D eigenvalue weighted by atomic mass is 9.99. The van der Waals surface area contributed by atoms with Crippen molar-refractivity contribution in [1.29, 1.82) is 0 Å². The molecule has 0 fully saturated rings. The zero-order valence-electron chi connectivity index (χ0n) is 16.9. The molecule has 1 amide bonds. The Hall–Kier alpha value is -3.12. The fourth-order valence-electron chi connectivity index (χ4n) is 3.75. The van der Waals surface area contributed by atoms with E-state index in [2.05, 4.69) is 5.32 Å². The monoisotopic (exact) mass is 393 g/mol. The van der Waals surface area contributed by atoms with E-state index in [1.165, 1.54) is 0 Å². The molecule has 1 unspecified atom stereocenters. The van der Waals surface area contributed by atoms with Crippen LogP contribution in [0.25, 0.3) is 22.3 Å². The largest absolute Gasteiger partial charge is 0.455 e. The van der Waals surface area contributed by atoms with Gasteiger partial charge in [0.25, 0.3) is 0 Å². The topological polar surface area (TPSA) is 77.8 Å². The first-order chi connectivity index (χ1) is 13.9. The zero-order chi connectivity index (χ0) is 20.7. The van der Waals surface area contributed by atoms with Crippen LogP contribution in [-0.2, 0) is 16.1 Å². The molecule has 0 bridgehead atoms. The molecule has 6 nitrogen and oxygen atoms in total. The van der Waals surface area contributed by atoms with E-state index in [1.807, 2.05) is 45.0 Å². The number of rotatable bonds is 4. The Balaban J connectivity index is 1.93. The average Bonchev–Trinajstić information content (AvgIpc) is 2.70. The number of anilines is 1. The van der Waals surface area contributed by atoms with E-state index in [9.17, 15) is 9.59 Å². The van der Waals surface area contributed by atoms with Crippen LogP contribution in [0.5, 0.6) is 0 Å². The second-order valence-corrected chi connectivity index (χ2v) is 7.29. The summed E-state index contributed by atoms with van der Waals surface area (Å²) in [4.78, 5) is 24.6. The van der Waals surface area contributed by atoms with Crippen LogP contribution in [0.1, 0.15) is 42.2 Å². The molecule has 1 aliphatic heterocycles. The predicted octanol–water partition coefficient (Wildman–Crippen LogP) is 5.24. The summed E-state index contributed by atoms with van der Waals surface area (Å²) in [5.74, 6) is 0.510. The summed E-state index contributed by atoms with van der Waals surface area (Å²) in [5.41, 5.74) is 5.16. The van der Waals surface area contributed by atoms with Crippen LogP contribution in [0.3, 0.4) is 0 Å². The van der Waals surface area contributed by atoms with Crippen molar-refractivity contribution >= 4 is 22.7 Å². The van der Waals surface area contributed by atoms with Gasteiger partial charge < -0.3 is 13.9 Å². The second kappa shape index (κ2) is 7.37. The molecule has 29 heavy (non-hydrogen) atoms. The maximum Gasteiger partial charge on any atom is 0.411 e. The zero-order valence-corrected chi connectivity index (χ0v) is 16.9. The lowest BCUT2D eigenvalue weighted by molar-refractivity contribution is 0.0767. The minimum Gasteiger partial charge on any atom is -0.455 e. The van der Waals surface area contributed by atoms with Crippen molar-refractivity contribution in [3.8, 4) is 11.3 Å². The van der Waals surface area contributed by atoms with Gasteiger partial charge >= 0.3 is 6.09 Å². The van der Waals surface area contributed by atoms with E-state index in [0.717, 1.165) is 22.3 Å². The number of benzene rings is 2. The third-order valence-electron chi connectivity index (χ3n) is 5.21. The van der Waals surface area contributed by atoms with E-state index in [-0.39, 0.29) is 18.1 Å². The molecule has 2 aromatic carbocycles. The van der Waals surface area contributed by atoms with Gasteiger partial charge in [0, 0.05) is 28.9 Å². The first kappa shape index (κ1) is 19.2. The maximum absolute atomic E-state index is 13.2. The van der Waals surface area contributed by atoms with Gasteiger partial charge in [0.2, 0.25) is 0 Å². The van der Waals surface area contributed by atoms with Gasteiger partial charge in [0.1, 0.15) is 18.0 Å². The van der Waals surface area contributed by atoms with Gasteiger partial charge in [-0.1, -0.05) is 0 Å². The minimum absolute atomic E-state index is 0.0582. The first-order valence-electron chi connectivity index (χ1n) is 9.65. The van der Waals surface area contributed by atoms with Crippen LogP contribution in [-0.4, -0.2) is 12.7 Å². The molecule has 1 aliphatic rings. The smallest absolute Gasteiger partial charge is 0.411 e. The van der Waals surface area contributed by atoms with Crippen LogP contribution in [0.15, 0.2) is 39.5 Å². The predicted molar refractivity (Wildman–Crippen MR) is 111 cm³/mol. The Morgan fingerprint density at radius 3 is 2.72 bits per heavy atom. The molecule has 0 spiro atoms. The number of carbonyl (C=O) groups is 1. The molecule has 3 aromatic rings. The highest BCUT2D eigenvalue weighted by atomic mass is 16.5. The van der Waals surface area contributed by atoms with Crippen molar-refractivity contribution < 1.29 is 18.7 Å². The lowest BCUT2D eigenvalue weighted by Gasteiger charge is -2.19. The normalized spacial score (nSPS) is 14.3. The van der Waals surface area contributed by atoms with Gasteiger partial charge in [-0.3, -0.25) is 10.1 Å². The highest BCUT2D eigenvalue weighted by molar-refractivity contribution is 5.89. The Bertz CT molecular complexity index is 1180. The lowest BCUT2D eigenvalue weighted by Crippen LogP contribution is -2.20. The third-order valence-corrected chi connectivity index (χ3v) is 5.21. The van der Waals surface area contributed by atoms with Crippen LogP contribution < -0.4 is 10.7 Å². The molecular weight excluding hydrogens is 370 g/mol. The highest BCUT2D eigenvalue weighted by Gasteiger charge is 2.21. The quantitative estimate of drug-likeness (QED) is 0.656. The van der Waals surface area contributed by atoms with Gasteiger partial charge in [0.15, 0.2) is 5.43 Å². The Kier molecular flexibility index (Phi) is 4.88. The number of cyclic esters (lactones) is 1. The number of aryl methyl sites for hydroxylation is 1. The standard InChI is InChI=1S/C23H23NO5/c1-5-27-14(4)17-8-12(2)9-18-20(25)13(3)21(29-22(17)18)15-6-7-19-16(10-15)11-28-23(26)24-19/h6-10,14H,5,11H2,1-4H3,(H,24,26). The summed E-state index contributed by atoms with van der Waals surface area (Å²) in [5, 5.41) is 3.23. The Labute approximate surface area is 168 Å². The number of hydrogen-bond donors (Lipinski definition) is 1. The number of hydrogen-bond acceptors (Lipinski definition) is 5. The second-order valence-electron chi connectivity index (χ2n) is 7.29. The third kappa shape index (κ3) is 3.40. The molecule has 6 heteroatoms. The van der Waals surface area contributed by atoms with Gasteiger partial charge in [-0.2, -0.15) is 0 Å². The number of carbonyl (C=O) groups excluding carboxylic acids is 1. The van der Waals surface area contributed by atoms with Crippen LogP contribution in [0.4, 0.5) is 10.5 Å². The molecular formula is C23H23NO5. The number of nitrogens with one attached hydrogen (secondary N) is 1. The molecule has 2 heterocycles. The summed E-state index contributed by atoms with van der Waals surface area (Å²) in [6.45, 7) is 8.37. The summed E-state index contributed by atoms with van der Waals surface area (Å²) >= 11 is 0. The van der Waals surface area contributed by atoms with Crippen molar-refractivity contribution in [2.24, 2.45) is 0 Å². The number of amides is 1. The summed E-state index contributed by atoms with van der Waals surface area (Å²) in [7, 11) is 0. The van der Waals surface area contributed by atoms with E-state index in [1.54, 1.807) is 13.0 Å². The highest BCUT2D eigenvalue weighted by Crippen LogP contribution is 2.34. The summed E-state index contributed by atoms with van der Waals surface area (Å²) < 4.78 is 17.1. The summed E-state index contributed by atoms with van der Waals surface area (Å²) in [6.07, 6.45) is -0.670. The Morgan fingerprint density at radius 2 is 1.97 bits per heavy atom. The van der Waals surface area contributed by atoms with E-state index in [4.69, 9.17) is 13.9 Å². The van der Waals surface area contributed by atoms with Crippen molar-refractivity contribution in [2.75, 3.05) is 11.9 Å². The van der Waals surface area contributed by atoms with Gasteiger partial charge in [0.05, 0.1) is 17.2 Å². The maximum atomic E-state index is 13.2. The van der Waals surface area contributed by atoms with Crippen LogP contribution in [0, 0.1) is 13.8 Å². The average molecular weight is 393 g/mol.